The molecule has 1 aromatic rings. The second-order valence-electron chi connectivity index (χ2n) is 4.24. The molecule has 1 amide bonds. The van der Waals surface area contributed by atoms with Crippen molar-refractivity contribution in [2.45, 2.75) is 24.5 Å². The molecule has 1 saturated heterocycles. The minimum absolute atomic E-state index is 0.142. The number of carbonyl (C=O) groups is 1. The van der Waals surface area contributed by atoms with E-state index < -0.39 is 0 Å². The molecular weight excluding hydrogens is 248 g/mol. The highest BCUT2D eigenvalue weighted by atomic mass is 32.2. The van der Waals surface area contributed by atoms with Gasteiger partial charge in [0, 0.05) is 18.8 Å². The van der Waals surface area contributed by atoms with Crippen molar-refractivity contribution < 1.29 is 4.79 Å². The smallest absolute Gasteiger partial charge is 0.271 e. The molecule has 2 rings (SSSR count). The number of anilines is 1. The van der Waals surface area contributed by atoms with Crippen LogP contribution in [0.15, 0.2) is 12.4 Å². The Morgan fingerprint density at radius 1 is 1.44 bits per heavy atom. The monoisotopic (exact) mass is 266 g/mol. The van der Waals surface area contributed by atoms with Crippen LogP contribution in [0.5, 0.6) is 0 Å². The number of hydrogen-bond donors (Lipinski definition) is 2. The molecule has 1 aliphatic rings. The zero-order chi connectivity index (χ0) is 12.8. The molecule has 1 unspecified atom stereocenters. The second-order valence-corrected chi connectivity index (χ2v) is 5.64. The van der Waals surface area contributed by atoms with Gasteiger partial charge in [0.25, 0.3) is 5.91 Å². The molecule has 0 bridgehead atoms. The summed E-state index contributed by atoms with van der Waals surface area (Å²) in [5, 5.41) is 6.34. The highest BCUT2D eigenvalue weighted by molar-refractivity contribution is 7.99. The van der Waals surface area contributed by atoms with E-state index in [-0.39, 0.29) is 5.91 Å². The Kier molecular flexibility index (Phi) is 4.81. The number of amides is 1. The summed E-state index contributed by atoms with van der Waals surface area (Å²) in [7, 11) is 1.77. The summed E-state index contributed by atoms with van der Waals surface area (Å²) in [6.45, 7) is 0.721. The predicted octanol–water partition coefficient (Wildman–Crippen LogP) is 1.53. The van der Waals surface area contributed by atoms with Crippen molar-refractivity contribution in [2.24, 2.45) is 0 Å². The van der Waals surface area contributed by atoms with Gasteiger partial charge in [-0.25, -0.2) is 9.97 Å². The van der Waals surface area contributed by atoms with Gasteiger partial charge in [-0.1, -0.05) is 6.42 Å². The standard InChI is InChI=1S/C12H18N4OS/c1-13-11-8-14-10(7-15-11)12(17)16-6-9-4-2-3-5-18-9/h7-9H,2-6H2,1H3,(H,13,15)(H,16,17). The SMILES string of the molecule is CNc1cnc(C(=O)NCC2CCCCS2)cn1. The first kappa shape index (κ1) is 13.1. The molecule has 0 aliphatic carbocycles. The summed E-state index contributed by atoms with van der Waals surface area (Å²) in [5.74, 6) is 1.72. The molecule has 1 atom stereocenters. The molecule has 1 fully saturated rings. The molecular formula is C12H18N4OS. The Hall–Kier alpha value is -1.30. The Morgan fingerprint density at radius 3 is 2.94 bits per heavy atom. The lowest BCUT2D eigenvalue weighted by atomic mass is 10.2. The van der Waals surface area contributed by atoms with Gasteiger partial charge < -0.3 is 10.6 Å². The molecule has 1 aliphatic heterocycles. The number of hydrogen-bond acceptors (Lipinski definition) is 5. The van der Waals surface area contributed by atoms with Gasteiger partial charge in [0.1, 0.15) is 11.5 Å². The van der Waals surface area contributed by atoms with Crippen molar-refractivity contribution in [1.29, 1.82) is 0 Å². The zero-order valence-corrected chi connectivity index (χ0v) is 11.3. The highest BCUT2D eigenvalue weighted by Gasteiger charge is 2.15. The highest BCUT2D eigenvalue weighted by Crippen LogP contribution is 2.24. The van der Waals surface area contributed by atoms with Crippen LogP contribution in [0.4, 0.5) is 5.82 Å². The largest absolute Gasteiger partial charge is 0.372 e. The van der Waals surface area contributed by atoms with Gasteiger partial charge in [0.05, 0.1) is 12.4 Å². The van der Waals surface area contributed by atoms with E-state index in [1.165, 1.54) is 31.2 Å². The van der Waals surface area contributed by atoms with Crippen LogP contribution in [-0.4, -0.2) is 40.5 Å². The average molecular weight is 266 g/mol. The molecule has 18 heavy (non-hydrogen) atoms. The van der Waals surface area contributed by atoms with Crippen LogP contribution in [0, 0.1) is 0 Å². The van der Waals surface area contributed by atoms with Crippen molar-refractivity contribution >= 4 is 23.5 Å². The maximum atomic E-state index is 11.8. The third-order valence-electron chi connectivity index (χ3n) is 2.90. The van der Waals surface area contributed by atoms with Crippen molar-refractivity contribution in [3.8, 4) is 0 Å². The van der Waals surface area contributed by atoms with E-state index in [0.717, 1.165) is 6.54 Å². The van der Waals surface area contributed by atoms with Gasteiger partial charge in [-0.15, -0.1) is 0 Å². The van der Waals surface area contributed by atoms with E-state index in [4.69, 9.17) is 0 Å². The number of aromatic nitrogens is 2. The molecule has 6 heteroatoms. The molecule has 0 spiro atoms. The number of thioether (sulfide) groups is 1. The minimum atomic E-state index is -0.142. The van der Waals surface area contributed by atoms with Crippen molar-refractivity contribution in [3.63, 3.8) is 0 Å². The van der Waals surface area contributed by atoms with Gasteiger partial charge >= 0.3 is 0 Å². The lowest BCUT2D eigenvalue weighted by Crippen LogP contribution is -2.32. The van der Waals surface area contributed by atoms with E-state index in [1.807, 2.05) is 11.8 Å². The minimum Gasteiger partial charge on any atom is -0.372 e. The van der Waals surface area contributed by atoms with Gasteiger partial charge in [-0.3, -0.25) is 4.79 Å². The lowest BCUT2D eigenvalue weighted by molar-refractivity contribution is 0.0948. The van der Waals surface area contributed by atoms with Crippen LogP contribution < -0.4 is 10.6 Å². The normalized spacial score (nSPS) is 19.3. The number of nitrogens with one attached hydrogen (secondary N) is 2. The summed E-state index contributed by atoms with van der Waals surface area (Å²) >= 11 is 1.95. The topological polar surface area (TPSA) is 66.9 Å². The summed E-state index contributed by atoms with van der Waals surface area (Å²) < 4.78 is 0. The maximum absolute atomic E-state index is 11.8. The Labute approximate surface area is 111 Å². The molecule has 1 aromatic heterocycles. The van der Waals surface area contributed by atoms with E-state index in [2.05, 4.69) is 20.6 Å². The lowest BCUT2D eigenvalue weighted by Gasteiger charge is -2.21. The first-order valence-electron chi connectivity index (χ1n) is 6.19. The fourth-order valence-electron chi connectivity index (χ4n) is 1.84. The summed E-state index contributed by atoms with van der Waals surface area (Å²) in [6, 6.07) is 0. The maximum Gasteiger partial charge on any atom is 0.271 e. The quantitative estimate of drug-likeness (QED) is 0.865. The van der Waals surface area contributed by atoms with Crippen LogP contribution in [-0.2, 0) is 0 Å². The van der Waals surface area contributed by atoms with Crippen LogP contribution in [0.3, 0.4) is 0 Å². The Morgan fingerprint density at radius 2 is 2.33 bits per heavy atom. The number of carbonyl (C=O) groups excluding carboxylic acids is 1. The van der Waals surface area contributed by atoms with Crippen LogP contribution >= 0.6 is 11.8 Å². The number of nitrogens with zero attached hydrogens (tertiary/aromatic N) is 2. The third-order valence-corrected chi connectivity index (χ3v) is 4.30. The van der Waals surface area contributed by atoms with Crippen LogP contribution in [0.1, 0.15) is 29.8 Å². The average Bonchev–Trinajstić information content (AvgIpc) is 2.46. The molecule has 0 saturated carbocycles. The molecule has 5 nitrogen and oxygen atoms in total. The molecule has 0 radical (unpaired) electrons. The van der Waals surface area contributed by atoms with E-state index >= 15 is 0 Å². The summed E-state index contributed by atoms with van der Waals surface area (Å²) in [6.07, 6.45) is 6.81. The second kappa shape index (κ2) is 6.58. The van der Waals surface area contributed by atoms with Crippen LogP contribution in [0.25, 0.3) is 0 Å². The predicted molar refractivity (Wildman–Crippen MR) is 74.0 cm³/mol. The summed E-state index contributed by atoms with van der Waals surface area (Å²) in [5.41, 5.74) is 0.370. The van der Waals surface area contributed by atoms with Gasteiger partial charge in [-0.2, -0.15) is 11.8 Å². The first-order valence-corrected chi connectivity index (χ1v) is 7.24. The van der Waals surface area contributed by atoms with Gasteiger partial charge in [0.15, 0.2) is 0 Å². The molecule has 2 N–H and O–H groups in total. The molecule has 0 aromatic carbocycles. The summed E-state index contributed by atoms with van der Waals surface area (Å²) in [4.78, 5) is 20.0. The van der Waals surface area contributed by atoms with Crippen molar-refractivity contribution in [3.05, 3.63) is 18.1 Å². The first-order chi connectivity index (χ1) is 8.79. The van der Waals surface area contributed by atoms with Gasteiger partial charge in [0.2, 0.25) is 0 Å². The molecule has 2 heterocycles. The molecule has 98 valence electrons. The third kappa shape index (κ3) is 3.60. The van der Waals surface area contributed by atoms with Crippen LogP contribution in [0.2, 0.25) is 0 Å². The Balaban J connectivity index is 1.82. The van der Waals surface area contributed by atoms with Gasteiger partial charge in [-0.05, 0) is 18.6 Å². The Bertz CT molecular complexity index is 390. The fourth-order valence-corrected chi connectivity index (χ4v) is 3.08. The fraction of sp³-hybridized carbons (Fsp3) is 0.583. The number of rotatable bonds is 4. The zero-order valence-electron chi connectivity index (χ0n) is 10.5. The van der Waals surface area contributed by atoms with E-state index in [9.17, 15) is 4.79 Å². The van der Waals surface area contributed by atoms with Crippen molar-refractivity contribution in [2.75, 3.05) is 24.7 Å². The van der Waals surface area contributed by atoms with E-state index in [1.54, 1.807) is 13.2 Å². The van der Waals surface area contributed by atoms with E-state index in [0.29, 0.717) is 16.8 Å². The van der Waals surface area contributed by atoms with Crippen molar-refractivity contribution in [1.82, 2.24) is 15.3 Å².